The first kappa shape index (κ1) is 35.4. The van der Waals surface area contributed by atoms with Crippen LogP contribution in [0.1, 0.15) is 44.5 Å². The van der Waals surface area contributed by atoms with Gasteiger partial charge in [-0.3, -0.25) is 9.59 Å². The number of aliphatic carboxylic acids is 1. The third kappa shape index (κ3) is 9.19. The van der Waals surface area contributed by atoms with Gasteiger partial charge in [0.05, 0.1) is 12.1 Å². The maximum absolute atomic E-state index is 15.0. The Morgan fingerprint density at radius 1 is 1.00 bits per heavy atom. The quantitative estimate of drug-likeness (QED) is 0.175. The molecule has 0 aliphatic carbocycles. The van der Waals surface area contributed by atoms with Crippen molar-refractivity contribution < 1.29 is 33.4 Å². The van der Waals surface area contributed by atoms with Crippen molar-refractivity contribution in [1.82, 2.24) is 25.4 Å². The van der Waals surface area contributed by atoms with Gasteiger partial charge in [0.1, 0.15) is 24.3 Å². The predicted octanol–water partition coefficient (Wildman–Crippen LogP) is 3.16. The Morgan fingerprint density at radius 2 is 1.69 bits per heavy atom. The van der Waals surface area contributed by atoms with E-state index in [-0.39, 0.29) is 25.1 Å². The molecule has 3 rings (SSSR count). The highest BCUT2D eigenvalue weighted by Crippen LogP contribution is 2.41. The molecule has 0 saturated heterocycles. The van der Waals surface area contributed by atoms with E-state index in [9.17, 15) is 33.4 Å². The fourth-order valence-electron chi connectivity index (χ4n) is 5.45. The lowest BCUT2D eigenvalue weighted by Gasteiger charge is -2.41. The first-order valence-electron chi connectivity index (χ1n) is 14.8. The van der Waals surface area contributed by atoms with E-state index < -0.39 is 59.6 Å². The zero-order valence-electron chi connectivity index (χ0n) is 26.3. The maximum atomic E-state index is 15.0. The molecule has 0 saturated carbocycles. The van der Waals surface area contributed by atoms with Gasteiger partial charge in [0.25, 0.3) is 0 Å². The van der Waals surface area contributed by atoms with E-state index in [0.717, 1.165) is 23.8 Å². The Bertz CT molecular complexity index is 1460. The smallest absolute Gasteiger partial charge is 0.327 e. The summed E-state index contributed by atoms with van der Waals surface area (Å²) in [4.78, 5) is 39.5. The van der Waals surface area contributed by atoms with Crippen molar-refractivity contribution in [3.63, 3.8) is 0 Å². The second kappa shape index (κ2) is 15.7. The molecule has 0 radical (unpaired) electrons. The number of carbonyl (C=O) groups is 3. The number of halogens is 2. The lowest BCUT2D eigenvalue weighted by atomic mass is 9.82. The van der Waals surface area contributed by atoms with Crippen LogP contribution in [0.2, 0.25) is 0 Å². The van der Waals surface area contributed by atoms with E-state index in [2.05, 4.69) is 16.0 Å². The summed E-state index contributed by atoms with van der Waals surface area (Å²) in [5, 5.41) is 27.6. The number of benzene rings is 2. The zero-order valence-corrected chi connectivity index (χ0v) is 26.3. The molecular formula is C33H43F2N5O5. The number of carboxylic acid groups (broad SMARTS) is 1. The molecule has 12 heteroatoms. The monoisotopic (exact) mass is 627 g/mol. The lowest BCUT2D eigenvalue weighted by Crippen LogP contribution is -2.53. The van der Waals surface area contributed by atoms with E-state index in [1.165, 1.54) is 4.90 Å². The fraction of sp³-hybridized carbons (Fsp3) is 0.424. The van der Waals surface area contributed by atoms with Crippen LogP contribution in [0.5, 0.6) is 0 Å². The number of nitrogens with zero attached hydrogens (tertiary/aromatic N) is 2. The van der Waals surface area contributed by atoms with Gasteiger partial charge < -0.3 is 35.6 Å². The van der Waals surface area contributed by atoms with Crippen molar-refractivity contribution in [3.8, 4) is 11.1 Å². The Balaban J connectivity index is 2.07. The molecule has 45 heavy (non-hydrogen) atoms. The molecule has 1 aromatic heterocycles. The minimum atomic E-state index is -1.19. The molecule has 3 atom stereocenters. The maximum Gasteiger partial charge on any atom is 0.327 e. The number of aliphatic hydroxyl groups is 1. The third-order valence-electron chi connectivity index (χ3n) is 7.58. The first-order valence-corrected chi connectivity index (χ1v) is 14.8. The summed E-state index contributed by atoms with van der Waals surface area (Å²) in [7, 11) is 3.13. The first-order chi connectivity index (χ1) is 21.3. The number of hydrogen-bond acceptors (Lipinski definition) is 6. The molecule has 3 unspecified atom stereocenters. The second-order valence-electron chi connectivity index (χ2n) is 12.0. The normalized spacial score (nSPS) is 13.6. The van der Waals surface area contributed by atoms with Crippen LogP contribution in [0.4, 0.5) is 8.78 Å². The van der Waals surface area contributed by atoms with Crippen molar-refractivity contribution in [3.05, 3.63) is 83.7 Å². The summed E-state index contributed by atoms with van der Waals surface area (Å²) in [5.41, 5.74) is 1.41. The number of carbonyl (C=O) groups excluding carboxylic acids is 2. The van der Waals surface area contributed by atoms with E-state index in [0.29, 0.717) is 17.8 Å². The van der Waals surface area contributed by atoms with Gasteiger partial charge in [0.2, 0.25) is 11.8 Å². The molecule has 2 aromatic carbocycles. The second-order valence-corrected chi connectivity index (χ2v) is 12.0. The number of rotatable bonds is 15. The van der Waals surface area contributed by atoms with E-state index >= 15 is 0 Å². The highest BCUT2D eigenvalue weighted by Gasteiger charge is 2.38. The Morgan fingerprint density at radius 3 is 2.27 bits per heavy atom. The van der Waals surface area contributed by atoms with Gasteiger partial charge >= 0.3 is 5.97 Å². The molecule has 10 nitrogen and oxygen atoms in total. The van der Waals surface area contributed by atoms with Gasteiger partial charge in [-0.2, -0.15) is 0 Å². The number of carboxylic acids is 1. The van der Waals surface area contributed by atoms with Gasteiger partial charge in [-0.15, -0.1) is 0 Å². The molecule has 0 aliphatic rings. The molecule has 244 valence electrons. The Labute approximate surface area is 262 Å². The van der Waals surface area contributed by atoms with E-state index in [1.807, 2.05) is 55.7 Å². The molecule has 0 spiro atoms. The van der Waals surface area contributed by atoms with Crippen molar-refractivity contribution in [2.24, 2.45) is 5.41 Å². The summed E-state index contributed by atoms with van der Waals surface area (Å²) in [5.74, 6) is -3.53. The molecule has 1 heterocycles. The SMILES string of the molecule is CNCC(NC(=O)C(CCN(C(=O)CO)C(c1cc(-c2cc(F)ccc2F)cn1Cc1ccccc1)C(C)(C)C)NC)C(=O)O. The zero-order chi connectivity index (χ0) is 33.3. The van der Waals surface area contributed by atoms with Crippen molar-refractivity contribution in [2.75, 3.05) is 33.8 Å². The van der Waals surface area contributed by atoms with Crippen LogP contribution in [-0.4, -0.2) is 83.3 Å². The van der Waals surface area contributed by atoms with Crippen molar-refractivity contribution in [1.29, 1.82) is 0 Å². The molecule has 0 fully saturated rings. The average Bonchev–Trinajstić information content (AvgIpc) is 3.39. The van der Waals surface area contributed by atoms with E-state index in [1.54, 1.807) is 26.4 Å². The van der Waals surface area contributed by atoms with Gasteiger partial charge in [-0.25, -0.2) is 13.6 Å². The summed E-state index contributed by atoms with van der Waals surface area (Å²) in [6.07, 6.45) is 1.81. The molecule has 5 N–H and O–H groups in total. The standard InChI is InChI=1S/C33H43F2N5O5/c1-33(2,3)30(40(29(42)20-41)14-13-26(37-5)31(43)38-27(17-36-4)32(44)45)28-15-22(24-16-23(34)11-12-25(24)35)19-39(28)18-21-9-7-6-8-10-21/h6-12,15-16,19,26-27,30,36-37,41H,13-14,17-18,20H2,1-5H3,(H,38,43)(H,44,45). The van der Waals surface area contributed by atoms with Crippen LogP contribution < -0.4 is 16.0 Å². The topological polar surface area (TPSA) is 136 Å². The van der Waals surface area contributed by atoms with Gasteiger partial charge in [-0.1, -0.05) is 51.1 Å². The Kier molecular flexibility index (Phi) is 12.4. The lowest BCUT2D eigenvalue weighted by molar-refractivity contribution is -0.142. The van der Waals surface area contributed by atoms with Gasteiger partial charge in [0.15, 0.2) is 0 Å². The third-order valence-corrected chi connectivity index (χ3v) is 7.58. The van der Waals surface area contributed by atoms with E-state index in [4.69, 9.17) is 0 Å². The number of aromatic nitrogens is 1. The highest BCUT2D eigenvalue weighted by molar-refractivity contribution is 5.87. The summed E-state index contributed by atoms with van der Waals surface area (Å²) in [6.45, 7) is 5.39. The predicted molar refractivity (Wildman–Crippen MR) is 167 cm³/mol. The molecular weight excluding hydrogens is 584 g/mol. The number of amides is 2. The van der Waals surface area contributed by atoms with Crippen LogP contribution in [-0.2, 0) is 20.9 Å². The van der Waals surface area contributed by atoms with Crippen molar-refractivity contribution in [2.45, 2.75) is 51.9 Å². The fourth-order valence-corrected chi connectivity index (χ4v) is 5.45. The number of nitrogens with one attached hydrogen (secondary N) is 3. The molecule has 0 bridgehead atoms. The summed E-state index contributed by atoms with van der Waals surface area (Å²) >= 11 is 0. The molecule has 3 aromatic rings. The van der Waals surface area contributed by atoms with Crippen LogP contribution >= 0.6 is 0 Å². The van der Waals surface area contributed by atoms with Gasteiger partial charge in [0, 0.05) is 42.7 Å². The number of hydrogen-bond donors (Lipinski definition) is 5. The number of aliphatic hydroxyl groups excluding tert-OH is 1. The minimum Gasteiger partial charge on any atom is -0.480 e. The van der Waals surface area contributed by atoms with Crippen LogP contribution in [0.15, 0.2) is 60.8 Å². The van der Waals surface area contributed by atoms with Crippen LogP contribution in [0.25, 0.3) is 11.1 Å². The minimum absolute atomic E-state index is 0.0181. The van der Waals surface area contributed by atoms with Crippen LogP contribution in [0.3, 0.4) is 0 Å². The summed E-state index contributed by atoms with van der Waals surface area (Å²) < 4.78 is 31.1. The van der Waals surface area contributed by atoms with Gasteiger partial charge in [-0.05, 0) is 55.8 Å². The Hall–Kier alpha value is -4.13. The number of likely N-dealkylation sites (N-methyl/N-ethyl adjacent to an activating group) is 2. The molecule has 0 aliphatic heterocycles. The molecule has 2 amide bonds. The summed E-state index contributed by atoms with van der Waals surface area (Å²) in [6, 6.07) is 11.8. The highest BCUT2D eigenvalue weighted by atomic mass is 19.1. The largest absolute Gasteiger partial charge is 0.480 e. The van der Waals surface area contributed by atoms with Crippen LogP contribution in [0, 0.1) is 17.0 Å². The van der Waals surface area contributed by atoms with Crippen molar-refractivity contribution >= 4 is 17.8 Å². The average molecular weight is 628 g/mol.